The number of hydrogen-bond acceptors (Lipinski definition) is 5. The first kappa shape index (κ1) is 17.2. The van der Waals surface area contributed by atoms with Gasteiger partial charge in [-0.05, 0) is 38.8 Å². The van der Waals surface area contributed by atoms with Crippen molar-refractivity contribution in [2.24, 2.45) is 0 Å². The third-order valence-corrected chi connectivity index (χ3v) is 4.91. The summed E-state index contributed by atoms with van der Waals surface area (Å²) in [6.45, 7) is 3.80. The van der Waals surface area contributed by atoms with Gasteiger partial charge in [-0.1, -0.05) is 5.92 Å². The molecule has 2 heterocycles. The molecule has 0 aliphatic heterocycles. The molecule has 1 saturated carbocycles. The van der Waals surface area contributed by atoms with Gasteiger partial charge in [0.2, 0.25) is 0 Å². The zero-order valence-corrected chi connectivity index (χ0v) is 15.6. The second-order valence-electron chi connectivity index (χ2n) is 6.70. The Bertz CT molecular complexity index is 1070. The summed E-state index contributed by atoms with van der Waals surface area (Å²) >= 11 is 0. The first-order valence-corrected chi connectivity index (χ1v) is 8.97. The van der Waals surface area contributed by atoms with Gasteiger partial charge in [-0.3, -0.25) is 4.68 Å². The van der Waals surface area contributed by atoms with E-state index in [-0.39, 0.29) is 6.04 Å². The van der Waals surface area contributed by atoms with E-state index in [0.29, 0.717) is 17.0 Å². The van der Waals surface area contributed by atoms with E-state index in [4.69, 9.17) is 4.74 Å². The smallest absolute Gasteiger partial charge is 0.340 e. The average molecular weight is 360 g/mol. The van der Waals surface area contributed by atoms with E-state index in [0.717, 1.165) is 22.3 Å². The number of benzene rings is 1. The van der Waals surface area contributed by atoms with Crippen molar-refractivity contribution < 1.29 is 9.53 Å². The lowest BCUT2D eigenvalue weighted by molar-refractivity contribution is 0.0602. The Morgan fingerprint density at radius 3 is 2.63 bits per heavy atom. The van der Waals surface area contributed by atoms with Crippen LogP contribution < -0.4 is 0 Å². The van der Waals surface area contributed by atoms with Crippen LogP contribution in [0, 0.1) is 11.8 Å². The Morgan fingerprint density at radius 1 is 1.26 bits per heavy atom. The van der Waals surface area contributed by atoms with Crippen molar-refractivity contribution in [2.45, 2.75) is 38.6 Å². The Hall–Kier alpha value is -3.20. The minimum Gasteiger partial charge on any atom is -0.465 e. The Balaban J connectivity index is 1.83. The minimum atomic E-state index is -0.398. The Morgan fingerprint density at radius 2 is 2.00 bits per heavy atom. The van der Waals surface area contributed by atoms with Gasteiger partial charge in [0, 0.05) is 34.8 Å². The van der Waals surface area contributed by atoms with Gasteiger partial charge in [0.25, 0.3) is 0 Å². The SMILES string of the molecule is CC#Cc1ccc(C(=O)OC)c2c1cnn2C(C)c1cnc(C2CC2)nc1. The molecule has 0 radical (unpaired) electrons. The van der Waals surface area contributed by atoms with Crippen LogP contribution in [0.5, 0.6) is 0 Å². The van der Waals surface area contributed by atoms with Crippen molar-refractivity contribution in [3.05, 3.63) is 53.2 Å². The van der Waals surface area contributed by atoms with Crippen molar-refractivity contribution in [2.75, 3.05) is 7.11 Å². The maximum Gasteiger partial charge on any atom is 0.340 e. The molecule has 1 atom stereocenters. The molecule has 3 aromatic rings. The first-order chi connectivity index (χ1) is 13.1. The molecular formula is C21H20N4O2. The second kappa shape index (κ2) is 6.84. The van der Waals surface area contributed by atoms with Crippen LogP contribution >= 0.6 is 0 Å². The van der Waals surface area contributed by atoms with Gasteiger partial charge in [0.1, 0.15) is 5.82 Å². The number of fused-ring (bicyclic) bond motifs is 1. The van der Waals surface area contributed by atoms with E-state index in [2.05, 4.69) is 26.9 Å². The number of aromatic nitrogens is 4. The van der Waals surface area contributed by atoms with E-state index in [1.54, 1.807) is 19.2 Å². The molecule has 0 N–H and O–H groups in total. The van der Waals surface area contributed by atoms with Gasteiger partial charge in [0.15, 0.2) is 0 Å². The lowest BCUT2D eigenvalue weighted by Crippen LogP contribution is -2.13. The standard InChI is InChI=1S/C21H20N4O2/c1-4-5-14-8-9-17(21(26)27-3)19-18(14)12-24-25(19)13(2)16-10-22-20(23-11-16)15-6-7-15/h8-13,15H,6-7H2,1-3H3. The van der Waals surface area contributed by atoms with Crippen molar-refractivity contribution in [3.8, 4) is 11.8 Å². The summed E-state index contributed by atoms with van der Waals surface area (Å²) in [6.07, 6.45) is 7.79. The summed E-state index contributed by atoms with van der Waals surface area (Å²) in [4.78, 5) is 21.3. The number of methoxy groups -OCH3 is 1. The van der Waals surface area contributed by atoms with Crippen LogP contribution in [0.2, 0.25) is 0 Å². The van der Waals surface area contributed by atoms with Crippen LogP contribution in [0.4, 0.5) is 0 Å². The largest absolute Gasteiger partial charge is 0.465 e. The number of carbonyl (C=O) groups excluding carboxylic acids is 1. The number of hydrogen-bond donors (Lipinski definition) is 0. The Kier molecular flexibility index (Phi) is 4.36. The second-order valence-corrected chi connectivity index (χ2v) is 6.70. The van der Waals surface area contributed by atoms with Crippen LogP contribution in [0.15, 0.2) is 30.7 Å². The molecule has 136 valence electrons. The number of nitrogens with zero attached hydrogens (tertiary/aromatic N) is 4. The maximum atomic E-state index is 12.3. The predicted molar refractivity (Wildman–Crippen MR) is 101 cm³/mol. The molecule has 1 fully saturated rings. The average Bonchev–Trinajstić information content (AvgIpc) is 3.46. The fourth-order valence-corrected chi connectivity index (χ4v) is 3.23. The summed E-state index contributed by atoms with van der Waals surface area (Å²) in [5.74, 6) is 7.01. The molecule has 4 rings (SSSR count). The lowest BCUT2D eigenvalue weighted by Gasteiger charge is -2.15. The third kappa shape index (κ3) is 3.06. The molecule has 1 unspecified atom stereocenters. The third-order valence-electron chi connectivity index (χ3n) is 4.91. The van der Waals surface area contributed by atoms with Gasteiger partial charge < -0.3 is 4.74 Å². The fraction of sp³-hybridized carbons (Fsp3) is 0.333. The molecule has 1 aromatic carbocycles. The van der Waals surface area contributed by atoms with Crippen molar-refractivity contribution >= 4 is 16.9 Å². The lowest BCUT2D eigenvalue weighted by atomic mass is 10.0. The van der Waals surface area contributed by atoms with Crippen LogP contribution in [-0.2, 0) is 4.74 Å². The molecule has 0 spiro atoms. The fourth-order valence-electron chi connectivity index (χ4n) is 3.23. The van der Waals surface area contributed by atoms with Crippen LogP contribution in [0.25, 0.3) is 10.9 Å². The zero-order chi connectivity index (χ0) is 19.0. The monoisotopic (exact) mass is 360 g/mol. The molecule has 1 aliphatic carbocycles. The van der Waals surface area contributed by atoms with Crippen molar-refractivity contribution in [1.82, 2.24) is 19.7 Å². The summed E-state index contributed by atoms with van der Waals surface area (Å²) in [7, 11) is 1.38. The van der Waals surface area contributed by atoms with Crippen molar-refractivity contribution in [3.63, 3.8) is 0 Å². The molecule has 6 heteroatoms. The summed E-state index contributed by atoms with van der Waals surface area (Å²) < 4.78 is 6.78. The molecule has 27 heavy (non-hydrogen) atoms. The number of esters is 1. The molecule has 2 aromatic heterocycles. The normalized spacial score (nSPS) is 14.5. The van der Waals surface area contributed by atoms with Crippen LogP contribution in [0.1, 0.15) is 66.0 Å². The van der Waals surface area contributed by atoms with Gasteiger partial charge in [-0.2, -0.15) is 5.10 Å². The van der Waals surface area contributed by atoms with Gasteiger partial charge in [-0.15, -0.1) is 5.92 Å². The summed E-state index contributed by atoms with van der Waals surface area (Å²) in [6, 6.07) is 3.43. The number of carbonyl (C=O) groups is 1. The summed E-state index contributed by atoms with van der Waals surface area (Å²) in [5, 5.41) is 5.38. The summed E-state index contributed by atoms with van der Waals surface area (Å²) in [5.41, 5.74) is 2.95. The van der Waals surface area contributed by atoms with E-state index in [1.807, 2.05) is 30.1 Å². The predicted octanol–water partition coefficient (Wildman–Crippen LogP) is 3.47. The zero-order valence-electron chi connectivity index (χ0n) is 15.6. The van der Waals surface area contributed by atoms with E-state index in [1.165, 1.54) is 20.0 Å². The van der Waals surface area contributed by atoms with Gasteiger partial charge in [-0.25, -0.2) is 14.8 Å². The van der Waals surface area contributed by atoms with E-state index in [9.17, 15) is 4.79 Å². The molecule has 0 saturated heterocycles. The van der Waals surface area contributed by atoms with Gasteiger partial charge >= 0.3 is 5.97 Å². The number of rotatable bonds is 4. The minimum absolute atomic E-state index is 0.135. The Labute approximate surface area is 157 Å². The van der Waals surface area contributed by atoms with Crippen molar-refractivity contribution in [1.29, 1.82) is 0 Å². The quantitative estimate of drug-likeness (QED) is 0.526. The molecule has 1 aliphatic rings. The highest BCUT2D eigenvalue weighted by Gasteiger charge is 2.27. The topological polar surface area (TPSA) is 69.9 Å². The number of ether oxygens (including phenoxy) is 1. The van der Waals surface area contributed by atoms with E-state index >= 15 is 0 Å². The maximum absolute atomic E-state index is 12.3. The van der Waals surface area contributed by atoms with Crippen LogP contribution in [-0.4, -0.2) is 32.8 Å². The highest BCUT2D eigenvalue weighted by atomic mass is 16.5. The molecular weight excluding hydrogens is 340 g/mol. The van der Waals surface area contributed by atoms with E-state index < -0.39 is 5.97 Å². The van der Waals surface area contributed by atoms with Crippen LogP contribution in [0.3, 0.4) is 0 Å². The highest BCUT2D eigenvalue weighted by Crippen LogP contribution is 2.38. The van der Waals surface area contributed by atoms with Gasteiger partial charge in [0.05, 0.1) is 30.4 Å². The first-order valence-electron chi connectivity index (χ1n) is 8.97. The highest BCUT2D eigenvalue weighted by molar-refractivity contribution is 6.04. The molecule has 0 amide bonds. The molecule has 6 nitrogen and oxygen atoms in total. The molecule has 0 bridgehead atoms.